The normalized spacial score (nSPS) is 18.5. The quantitative estimate of drug-likeness (QED) is 0.883. The second-order valence-corrected chi connectivity index (χ2v) is 5.96. The zero-order chi connectivity index (χ0) is 13.7. The first kappa shape index (κ1) is 14.3. The Bertz CT molecular complexity index is 426. The zero-order valence-corrected chi connectivity index (χ0v) is 12.7. The van der Waals surface area contributed by atoms with E-state index in [9.17, 15) is 0 Å². The molecule has 104 valence electrons. The molecular weight excluding hydrogens is 256 g/mol. The predicted molar refractivity (Wildman–Crippen MR) is 84.4 cm³/mol. The molecule has 0 saturated carbocycles. The lowest BCUT2D eigenvalue weighted by Gasteiger charge is -2.18. The van der Waals surface area contributed by atoms with Gasteiger partial charge in [0.1, 0.15) is 5.75 Å². The van der Waals surface area contributed by atoms with Gasteiger partial charge in [-0.3, -0.25) is 4.99 Å². The molecule has 1 aromatic rings. The Morgan fingerprint density at radius 2 is 2.00 bits per heavy atom. The highest BCUT2D eigenvalue weighted by atomic mass is 32.2. The predicted octanol–water partition coefficient (Wildman–Crippen LogP) is 4.01. The molecule has 0 radical (unpaired) electrons. The van der Waals surface area contributed by atoms with Crippen LogP contribution >= 0.6 is 11.8 Å². The molecule has 0 amide bonds. The first-order chi connectivity index (χ1) is 9.26. The summed E-state index contributed by atoms with van der Waals surface area (Å²) >= 11 is 1.88. The van der Waals surface area contributed by atoms with Gasteiger partial charge in [0.2, 0.25) is 0 Å². The van der Waals surface area contributed by atoms with E-state index in [2.05, 4.69) is 24.2 Å². The van der Waals surface area contributed by atoms with Gasteiger partial charge in [0.25, 0.3) is 0 Å². The van der Waals surface area contributed by atoms with Crippen molar-refractivity contribution >= 4 is 22.6 Å². The number of nitrogens with one attached hydrogen (secondary N) is 1. The maximum absolute atomic E-state index is 5.15. The third kappa shape index (κ3) is 3.66. The topological polar surface area (TPSA) is 33.6 Å². The van der Waals surface area contributed by atoms with Crippen LogP contribution in [0.25, 0.3) is 0 Å². The third-order valence-electron chi connectivity index (χ3n) is 3.59. The summed E-state index contributed by atoms with van der Waals surface area (Å²) in [6, 6.07) is 7.96. The number of thioether (sulfide) groups is 1. The highest BCUT2D eigenvalue weighted by Gasteiger charge is 2.25. The summed E-state index contributed by atoms with van der Waals surface area (Å²) in [5, 5.41) is 5.06. The van der Waals surface area contributed by atoms with Crippen molar-refractivity contribution in [1.29, 1.82) is 0 Å². The van der Waals surface area contributed by atoms with Gasteiger partial charge in [0, 0.05) is 10.9 Å². The number of nitrogens with zero attached hydrogens (tertiary/aromatic N) is 1. The van der Waals surface area contributed by atoms with Crippen LogP contribution in [0, 0.1) is 5.92 Å². The van der Waals surface area contributed by atoms with E-state index in [1.807, 2.05) is 36.0 Å². The summed E-state index contributed by atoms with van der Waals surface area (Å²) in [7, 11) is 1.68. The van der Waals surface area contributed by atoms with Crippen molar-refractivity contribution in [1.82, 2.24) is 0 Å². The van der Waals surface area contributed by atoms with Crippen LogP contribution in [0.2, 0.25) is 0 Å². The van der Waals surface area contributed by atoms with Crippen LogP contribution in [0.5, 0.6) is 5.75 Å². The van der Waals surface area contributed by atoms with E-state index in [1.165, 1.54) is 12.8 Å². The molecule has 0 spiro atoms. The fraction of sp³-hybridized carbons (Fsp3) is 0.533. The van der Waals surface area contributed by atoms with E-state index in [0.717, 1.165) is 29.1 Å². The van der Waals surface area contributed by atoms with Crippen LogP contribution in [-0.4, -0.2) is 24.1 Å². The summed E-state index contributed by atoms with van der Waals surface area (Å²) in [5.74, 6) is 1.64. The van der Waals surface area contributed by atoms with Gasteiger partial charge in [-0.15, -0.1) is 0 Å². The number of ether oxygens (including phenoxy) is 1. The largest absolute Gasteiger partial charge is 0.497 e. The van der Waals surface area contributed by atoms with Crippen LogP contribution in [-0.2, 0) is 0 Å². The molecule has 19 heavy (non-hydrogen) atoms. The first-order valence-electron chi connectivity index (χ1n) is 6.89. The minimum atomic E-state index is 0.635. The Balaban J connectivity index is 1.90. The number of amidine groups is 1. The molecule has 1 aliphatic rings. The molecule has 0 fully saturated rings. The second kappa shape index (κ2) is 6.85. The first-order valence-corrected chi connectivity index (χ1v) is 7.77. The number of hydrogen-bond acceptors (Lipinski definition) is 4. The fourth-order valence-electron chi connectivity index (χ4n) is 2.32. The standard InChI is InChI=1S/C15H22N2OS/c1-4-11(5-2)14-10-16-15(19-14)17-12-6-8-13(18-3)9-7-12/h6-9,11,14H,4-5,10H2,1-3H3,(H,16,17). The van der Waals surface area contributed by atoms with Crippen molar-refractivity contribution in [3.8, 4) is 5.75 Å². The lowest BCUT2D eigenvalue weighted by Crippen LogP contribution is -2.17. The van der Waals surface area contributed by atoms with Gasteiger partial charge in [0.05, 0.1) is 13.7 Å². The van der Waals surface area contributed by atoms with Crippen molar-refractivity contribution in [2.75, 3.05) is 19.0 Å². The molecule has 3 nitrogen and oxygen atoms in total. The van der Waals surface area contributed by atoms with Gasteiger partial charge in [-0.05, 0) is 30.2 Å². The van der Waals surface area contributed by atoms with Crippen LogP contribution in [0.1, 0.15) is 26.7 Å². The number of hydrogen-bond donors (Lipinski definition) is 1. The Morgan fingerprint density at radius 1 is 1.32 bits per heavy atom. The highest BCUT2D eigenvalue weighted by Crippen LogP contribution is 2.31. The second-order valence-electron chi connectivity index (χ2n) is 4.73. The molecule has 1 N–H and O–H groups in total. The number of anilines is 1. The molecule has 0 bridgehead atoms. The van der Waals surface area contributed by atoms with E-state index >= 15 is 0 Å². The van der Waals surface area contributed by atoms with E-state index < -0.39 is 0 Å². The van der Waals surface area contributed by atoms with Gasteiger partial charge in [-0.1, -0.05) is 38.5 Å². The van der Waals surface area contributed by atoms with Gasteiger partial charge in [-0.25, -0.2) is 0 Å². The average molecular weight is 278 g/mol. The molecule has 0 saturated heterocycles. The molecule has 0 aromatic heterocycles. The molecule has 1 aromatic carbocycles. The Kier molecular flexibility index (Phi) is 5.14. The molecule has 1 heterocycles. The third-order valence-corrected chi connectivity index (χ3v) is 4.88. The minimum Gasteiger partial charge on any atom is -0.497 e. The summed E-state index contributed by atoms with van der Waals surface area (Å²) < 4.78 is 5.15. The van der Waals surface area contributed by atoms with Gasteiger partial charge in [-0.2, -0.15) is 0 Å². The van der Waals surface area contributed by atoms with Crippen molar-refractivity contribution < 1.29 is 4.74 Å². The molecule has 1 atom stereocenters. The summed E-state index contributed by atoms with van der Waals surface area (Å²) in [6.07, 6.45) is 2.47. The van der Waals surface area contributed by atoms with E-state index in [0.29, 0.717) is 5.25 Å². The molecule has 4 heteroatoms. The number of rotatable bonds is 5. The fourth-order valence-corrected chi connectivity index (χ4v) is 3.66. The van der Waals surface area contributed by atoms with E-state index in [-0.39, 0.29) is 0 Å². The van der Waals surface area contributed by atoms with Crippen molar-refractivity contribution in [3.63, 3.8) is 0 Å². The molecule has 1 aliphatic heterocycles. The maximum Gasteiger partial charge on any atom is 0.161 e. The van der Waals surface area contributed by atoms with Crippen molar-refractivity contribution in [2.24, 2.45) is 10.9 Å². The Morgan fingerprint density at radius 3 is 2.58 bits per heavy atom. The smallest absolute Gasteiger partial charge is 0.161 e. The Hall–Kier alpha value is -1.16. The number of methoxy groups -OCH3 is 1. The Labute approximate surface area is 119 Å². The molecular formula is C15H22N2OS. The average Bonchev–Trinajstić information content (AvgIpc) is 2.89. The van der Waals surface area contributed by atoms with Gasteiger partial charge in [0.15, 0.2) is 5.17 Å². The SMILES string of the molecule is CCC(CC)C1CN=C(Nc2ccc(OC)cc2)S1. The zero-order valence-electron chi connectivity index (χ0n) is 11.8. The van der Waals surface area contributed by atoms with Crippen molar-refractivity contribution in [3.05, 3.63) is 24.3 Å². The summed E-state index contributed by atoms with van der Waals surface area (Å²) in [6.45, 7) is 5.47. The summed E-state index contributed by atoms with van der Waals surface area (Å²) in [4.78, 5) is 4.61. The summed E-state index contributed by atoms with van der Waals surface area (Å²) in [5.41, 5.74) is 1.07. The van der Waals surface area contributed by atoms with Gasteiger partial charge < -0.3 is 10.1 Å². The number of aliphatic imine (C=N–C) groups is 1. The lowest BCUT2D eigenvalue weighted by molar-refractivity contribution is 0.415. The number of benzene rings is 1. The van der Waals surface area contributed by atoms with Gasteiger partial charge >= 0.3 is 0 Å². The molecule has 1 unspecified atom stereocenters. The molecule has 0 aliphatic carbocycles. The highest BCUT2D eigenvalue weighted by molar-refractivity contribution is 8.15. The van der Waals surface area contributed by atoms with Crippen LogP contribution in [0.3, 0.4) is 0 Å². The van der Waals surface area contributed by atoms with E-state index in [4.69, 9.17) is 4.74 Å². The monoisotopic (exact) mass is 278 g/mol. The lowest BCUT2D eigenvalue weighted by atomic mass is 9.99. The maximum atomic E-state index is 5.15. The molecule has 2 rings (SSSR count). The van der Waals surface area contributed by atoms with Crippen LogP contribution < -0.4 is 10.1 Å². The minimum absolute atomic E-state index is 0.635. The van der Waals surface area contributed by atoms with E-state index in [1.54, 1.807) is 7.11 Å². The van der Waals surface area contributed by atoms with Crippen LogP contribution in [0.4, 0.5) is 5.69 Å². The van der Waals surface area contributed by atoms with Crippen molar-refractivity contribution in [2.45, 2.75) is 31.9 Å². The van der Waals surface area contributed by atoms with Crippen LogP contribution in [0.15, 0.2) is 29.3 Å².